The predicted octanol–water partition coefficient (Wildman–Crippen LogP) is -5.52. The Hall–Kier alpha value is -9.82. The highest BCUT2D eigenvalue weighted by molar-refractivity contribution is 8.03. The summed E-state index contributed by atoms with van der Waals surface area (Å²) in [6.45, 7) is 4.00. The number of carboxylic acid groups (broad SMARTS) is 1. The van der Waals surface area contributed by atoms with E-state index in [0.717, 1.165) is 23.5 Å². The normalized spacial score (nSPS) is 15.2. The van der Waals surface area contributed by atoms with Crippen LogP contribution < -0.4 is 87.2 Å². The van der Waals surface area contributed by atoms with E-state index in [0.29, 0.717) is 30.4 Å². The fraction of sp³-hybridized carbons (Fsp3) is 0.556. The van der Waals surface area contributed by atoms with Crippen LogP contribution in [0.1, 0.15) is 96.6 Å². The highest BCUT2D eigenvalue weighted by Crippen LogP contribution is 2.26. The Bertz CT molecular complexity index is 3190. The van der Waals surface area contributed by atoms with Crippen LogP contribution in [-0.2, 0) is 89.5 Å². The lowest BCUT2D eigenvalue weighted by molar-refractivity contribution is -0.141. The maximum atomic E-state index is 15.1. The van der Waals surface area contributed by atoms with Gasteiger partial charge >= 0.3 is 12.1 Å². The van der Waals surface area contributed by atoms with Gasteiger partial charge in [0.05, 0.1) is 26.2 Å². The zero-order valence-corrected chi connectivity index (χ0v) is 58.3. The molecule has 38 heteroatoms. The molecular weight excluding hydrogens is 1360 g/mol. The third-order valence-corrected chi connectivity index (χ3v) is 17.6. The van der Waals surface area contributed by atoms with Crippen molar-refractivity contribution >= 4 is 119 Å². The van der Waals surface area contributed by atoms with Gasteiger partial charge in [-0.25, -0.2) is 9.59 Å². The van der Waals surface area contributed by atoms with Crippen LogP contribution in [0.25, 0.3) is 0 Å². The van der Waals surface area contributed by atoms with Crippen molar-refractivity contribution in [3.05, 3.63) is 65.7 Å². The van der Waals surface area contributed by atoms with Gasteiger partial charge in [-0.2, -0.15) is 23.5 Å². The molecule has 0 saturated carbocycles. The molecule has 558 valence electrons. The summed E-state index contributed by atoms with van der Waals surface area (Å²) in [4.78, 5) is 213. The monoisotopic (exact) mass is 1460 g/mol. The molecule has 3 rings (SSSR count). The van der Waals surface area contributed by atoms with Crippen LogP contribution in [0.5, 0.6) is 5.75 Å². The number of carbonyl (C=O) groups is 16. The van der Waals surface area contributed by atoms with Crippen molar-refractivity contribution in [2.45, 2.75) is 164 Å². The SMILES string of the molecule is CC(CC(N)=O)NC(=O)C(CCC(N)=O)NC(=O)C(Cc1ccccc1)NC(=O)C(Cc1ccc(O)cc1)NC(=O)C(CSC(CSCC(NC=O)C(=O)N1CCCC1C(=O)NC(CCCCN)C(=O)NCC(N)=O)CC(NC(=O)OC(C)(C)C)C(=O)O)NC(=O)CNC(=O)CNC(=O)CN. The number of phenolic OH excluding ortho intramolecular Hbond substituents is 1. The molecular formula is C63H95N17O19S2. The summed E-state index contributed by atoms with van der Waals surface area (Å²) in [6, 6.07) is 1.02. The number of likely N-dealkylation sites (tertiary alicyclic amines) is 1. The fourth-order valence-electron chi connectivity index (χ4n) is 9.90. The van der Waals surface area contributed by atoms with Gasteiger partial charge in [-0.15, -0.1) is 0 Å². The molecule has 23 N–H and O–H groups in total. The fourth-order valence-corrected chi connectivity index (χ4v) is 12.6. The molecule has 1 heterocycles. The molecule has 2 aromatic rings. The number of alkyl carbamates (subject to hydrolysis) is 1. The Morgan fingerprint density at radius 2 is 1.20 bits per heavy atom. The summed E-state index contributed by atoms with van der Waals surface area (Å²) >= 11 is 1.85. The maximum absolute atomic E-state index is 15.1. The van der Waals surface area contributed by atoms with E-state index in [1.54, 1.807) is 30.3 Å². The molecule has 0 aromatic heterocycles. The van der Waals surface area contributed by atoms with Gasteiger partial charge in [-0.05, 0) is 102 Å². The van der Waals surface area contributed by atoms with Gasteiger partial charge in [0.25, 0.3) is 0 Å². The van der Waals surface area contributed by atoms with Crippen molar-refractivity contribution < 1.29 is 91.7 Å². The Balaban J connectivity index is 2.13. The van der Waals surface area contributed by atoms with Gasteiger partial charge in [0.1, 0.15) is 59.7 Å². The molecule has 15 amide bonds. The summed E-state index contributed by atoms with van der Waals surface area (Å²) in [5.74, 6) is -13.7. The first kappa shape index (κ1) is 85.4. The topological polar surface area (TPSA) is 588 Å². The quantitative estimate of drug-likeness (QED) is 0.0217. The maximum Gasteiger partial charge on any atom is 0.408 e. The minimum Gasteiger partial charge on any atom is -0.508 e. The second-order valence-corrected chi connectivity index (χ2v) is 26.9. The van der Waals surface area contributed by atoms with Gasteiger partial charge in [0, 0.05) is 60.8 Å². The van der Waals surface area contributed by atoms with E-state index >= 15 is 4.79 Å². The largest absolute Gasteiger partial charge is 0.508 e. The number of carboxylic acids is 1. The summed E-state index contributed by atoms with van der Waals surface area (Å²) in [6.07, 6.45) is -1.46. The molecule has 36 nitrogen and oxygen atoms in total. The molecule has 1 aliphatic rings. The molecule has 0 aliphatic carbocycles. The number of amides is 15. The smallest absolute Gasteiger partial charge is 0.408 e. The van der Waals surface area contributed by atoms with E-state index < -0.39 is 199 Å². The minimum atomic E-state index is -1.74. The number of carbonyl (C=O) groups excluding carboxylic acids is 15. The highest BCUT2D eigenvalue weighted by atomic mass is 32.2. The second-order valence-electron chi connectivity index (χ2n) is 24.5. The summed E-state index contributed by atoms with van der Waals surface area (Å²) in [5, 5.41) is 46.9. The number of thioether (sulfide) groups is 2. The van der Waals surface area contributed by atoms with Crippen molar-refractivity contribution in [3.63, 3.8) is 0 Å². The number of primary amides is 3. The number of aliphatic carboxylic acids is 1. The number of nitrogens with two attached hydrogens (primary N) is 5. The lowest BCUT2D eigenvalue weighted by Crippen LogP contribution is -2.60. The van der Waals surface area contributed by atoms with E-state index in [-0.39, 0.29) is 75.3 Å². The van der Waals surface area contributed by atoms with Crippen LogP contribution in [0.2, 0.25) is 0 Å². The van der Waals surface area contributed by atoms with Crippen molar-refractivity contribution in [2.75, 3.05) is 56.5 Å². The van der Waals surface area contributed by atoms with E-state index in [1.807, 2.05) is 0 Å². The number of nitrogens with one attached hydrogen (secondary N) is 11. The van der Waals surface area contributed by atoms with Gasteiger partial charge in [0.2, 0.25) is 83.2 Å². The Labute approximate surface area is 591 Å². The van der Waals surface area contributed by atoms with Crippen LogP contribution >= 0.6 is 23.5 Å². The van der Waals surface area contributed by atoms with Gasteiger partial charge in [-0.3, -0.25) is 67.1 Å². The average Bonchev–Trinajstić information content (AvgIpc) is 1.55. The Kier molecular flexibility index (Phi) is 37.5. The van der Waals surface area contributed by atoms with Crippen molar-refractivity contribution in [1.82, 2.24) is 63.4 Å². The van der Waals surface area contributed by atoms with Crippen LogP contribution in [0, 0.1) is 0 Å². The first-order valence-electron chi connectivity index (χ1n) is 32.3. The van der Waals surface area contributed by atoms with Crippen LogP contribution in [-0.4, -0.2) is 232 Å². The molecule has 0 radical (unpaired) electrons. The number of benzene rings is 2. The number of nitrogens with zero attached hydrogens (tertiary/aromatic N) is 1. The van der Waals surface area contributed by atoms with Crippen molar-refractivity contribution in [2.24, 2.45) is 28.7 Å². The number of ether oxygens (including phenoxy) is 1. The third kappa shape index (κ3) is 33.7. The number of hydrogen-bond donors (Lipinski definition) is 18. The lowest BCUT2D eigenvalue weighted by atomic mass is 10.0. The predicted molar refractivity (Wildman–Crippen MR) is 368 cm³/mol. The first-order valence-corrected chi connectivity index (χ1v) is 34.5. The molecule has 0 spiro atoms. The van der Waals surface area contributed by atoms with Crippen LogP contribution in [0.15, 0.2) is 54.6 Å². The van der Waals surface area contributed by atoms with Gasteiger partial charge < -0.3 is 107 Å². The zero-order chi connectivity index (χ0) is 75.4. The summed E-state index contributed by atoms with van der Waals surface area (Å²) in [7, 11) is 0. The van der Waals surface area contributed by atoms with Crippen LogP contribution in [0.3, 0.4) is 0 Å². The molecule has 1 fully saturated rings. The summed E-state index contributed by atoms with van der Waals surface area (Å²) < 4.78 is 5.35. The molecule has 101 heavy (non-hydrogen) atoms. The van der Waals surface area contributed by atoms with E-state index in [2.05, 4.69) is 58.5 Å². The van der Waals surface area contributed by atoms with E-state index in [4.69, 9.17) is 33.4 Å². The molecule has 10 unspecified atom stereocenters. The number of hydrogen-bond acceptors (Lipinski definition) is 22. The minimum absolute atomic E-state index is 0.0472. The summed E-state index contributed by atoms with van der Waals surface area (Å²) in [5.41, 5.74) is 26.7. The van der Waals surface area contributed by atoms with Gasteiger partial charge in [0.15, 0.2) is 0 Å². The average molecular weight is 1460 g/mol. The first-order chi connectivity index (χ1) is 47.7. The number of aromatic hydroxyl groups is 1. The Morgan fingerprint density at radius 3 is 1.77 bits per heavy atom. The van der Waals surface area contributed by atoms with E-state index in [9.17, 15) is 82.1 Å². The lowest BCUT2D eigenvalue weighted by Gasteiger charge is -2.30. The Morgan fingerprint density at radius 1 is 0.614 bits per heavy atom. The van der Waals surface area contributed by atoms with Crippen molar-refractivity contribution in [1.29, 1.82) is 0 Å². The standard InChI is InChI=1S/C63H95N17O19S2/c1-35(23-49(67)84)73-55(90)41(19-20-48(66)83)75-56(91)42(24-36-11-6-5-7-12-36)77-57(92)43(25-37-15-17-38(82)18-16-37)78-58(93)45(74-53(88)30-70-52(87)29-69-51(86)27-65)33-101-39(26-44(61(96)97)79-62(98)99-63(2,3)4)31-100-32-46(72-34-81)60(95)80-22-10-14-47(80)59(94)76-40(13-8-9-21-64)54(89)71-28-50(68)85/h5-7,11-12,15-18,34-35,39-47,82H,8-10,13-14,19-33,64-65H2,1-4H3,(H2,66,83)(H2,67,84)(H2,68,85)(H,69,86)(H,70,87)(H,71,89)(H,72,81)(H,73,90)(H,74,88)(H,75,91)(H,76,94)(H,77,92)(H,78,93)(H,79,98)(H,96,97). The van der Waals surface area contributed by atoms with Crippen LogP contribution in [0.4, 0.5) is 4.79 Å². The van der Waals surface area contributed by atoms with Crippen molar-refractivity contribution in [3.8, 4) is 5.75 Å². The molecule has 2 aromatic carbocycles. The molecule has 1 saturated heterocycles. The second kappa shape index (κ2) is 44.3. The number of rotatable bonds is 46. The van der Waals surface area contributed by atoms with Gasteiger partial charge in [-0.1, -0.05) is 42.5 Å². The number of phenols is 1. The number of unbranched alkanes of at least 4 members (excludes halogenated alkanes) is 1. The molecule has 1 aliphatic heterocycles. The highest BCUT2D eigenvalue weighted by Gasteiger charge is 2.40. The van der Waals surface area contributed by atoms with E-state index in [1.165, 1.54) is 56.9 Å². The molecule has 0 bridgehead atoms. The molecule has 10 atom stereocenters. The third-order valence-electron chi connectivity index (χ3n) is 14.9. The zero-order valence-electron chi connectivity index (χ0n) is 56.7.